The van der Waals surface area contributed by atoms with Gasteiger partial charge < -0.3 is 41.4 Å². The molecule has 4 aromatic rings. The van der Waals surface area contributed by atoms with E-state index < -0.39 is 93.7 Å². The zero-order valence-electron chi connectivity index (χ0n) is 43.4. The molecule has 0 spiro atoms. The Morgan fingerprint density at radius 2 is 0.943 bits per heavy atom. The van der Waals surface area contributed by atoms with Gasteiger partial charge in [0.2, 0.25) is 23.6 Å². The number of carbonyl (C=O) groups is 6. The summed E-state index contributed by atoms with van der Waals surface area (Å²) in [6.45, 7) is 21.2. The van der Waals surface area contributed by atoms with E-state index in [1.165, 1.54) is 0 Å². The first-order valence-corrected chi connectivity index (χ1v) is 24.4. The normalized spacial score (nSPS) is 16.3. The number of benzene rings is 4. The van der Waals surface area contributed by atoms with Crippen molar-refractivity contribution >= 4 is 57.1 Å². The van der Waals surface area contributed by atoms with Crippen LogP contribution in [-0.4, -0.2) is 82.3 Å². The molecular formula is C56H78N4O10. The first kappa shape index (κ1) is 56.7. The molecule has 0 aromatic heterocycles. The van der Waals surface area contributed by atoms with Gasteiger partial charge in [-0.3, -0.25) is 19.2 Å². The second-order valence-corrected chi connectivity index (χ2v) is 22.7. The van der Waals surface area contributed by atoms with Crippen LogP contribution in [0.1, 0.15) is 126 Å². The van der Waals surface area contributed by atoms with Gasteiger partial charge in [-0.05, 0) is 111 Å². The molecule has 0 radical (unpaired) electrons. The molecule has 382 valence electrons. The minimum absolute atomic E-state index is 0.0761. The molecule has 1 aliphatic carbocycles. The van der Waals surface area contributed by atoms with Crippen LogP contribution in [0.15, 0.2) is 84.9 Å². The number of amides is 4. The minimum atomic E-state index is -1.71. The fraction of sp³-hybridized carbons (Fsp3) is 0.536. The Labute approximate surface area is 414 Å². The van der Waals surface area contributed by atoms with Gasteiger partial charge in [-0.25, -0.2) is 9.59 Å². The highest BCUT2D eigenvalue weighted by Crippen LogP contribution is 2.30. The molecule has 1 fully saturated rings. The lowest BCUT2D eigenvalue weighted by Gasteiger charge is -2.35. The van der Waals surface area contributed by atoms with Crippen molar-refractivity contribution in [1.29, 1.82) is 0 Å². The van der Waals surface area contributed by atoms with Crippen molar-refractivity contribution in [2.75, 3.05) is 0 Å². The van der Waals surface area contributed by atoms with Crippen molar-refractivity contribution < 1.29 is 48.1 Å². The van der Waals surface area contributed by atoms with Crippen LogP contribution in [-0.2, 0) is 55.8 Å². The number of nitrogens with one attached hydrogen (secondary N) is 2. The highest BCUT2D eigenvalue weighted by molar-refractivity contribution is 5.93. The van der Waals surface area contributed by atoms with Gasteiger partial charge in [0.15, 0.2) is 12.2 Å². The molecule has 4 amide bonds. The predicted octanol–water partition coefficient (Wildman–Crippen LogP) is 7.79. The van der Waals surface area contributed by atoms with E-state index in [0.29, 0.717) is 0 Å². The topological polar surface area (TPSA) is 226 Å². The van der Waals surface area contributed by atoms with E-state index in [1.54, 1.807) is 62.3 Å². The van der Waals surface area contributed by atoms with Crippen molar-refractivity contribution in [2.45, 2.75) is 170 Å². The second-order valence-electron chi connectivity index (χ2n) is 22.7. The highest BCUT2D eigenvalue weighted by atomic mass is 16.6. The largest absolute Gasteiger partial charge is 0.458 e. The Hall–Kier alpha value is -5.86. The molecule has 70 heavy (non-hydrogen) atoms. The van der Waals surface area contributed by atoms with Crippen molar-refractivity contribution in [3.8, 4) is 0 Å². The third-order valence-corrected chi connectivity index (χ3v) is 12.0. The van der Waals surface area contributed by atoms with E-state index in [-0.39, 0.29) is 18.9 Å². The number of rotatable bonds is 16. The van der Waals surface area contributed by atoms with Crippen LogP contribution < -0.4 is 22.1 Å². The van der Waals surface area contributed by atoms with Crippen LogP contribution in [0, 0.1) is 22.7 Å². The molecule has 0 aliphatic heterocycles. The predicted molar refractivity (Wildman–Crippen MR) is 273 cm³/mol. The van der Waals surface area contributed by atoms with Crippen LogP contribution in [0.2, 0.25) is 0 Å². The van der Waals surface area contributed by atoms with Crippen LogP contribution in [0.5, 0.6) is 0 Å². The van der Waals surface area contributed by atoms with Crippen LogP contribution in [0.25, 0.3) is 21.5 Å². The number of aliphatic hydroxyl groups is 1. The van der Waals surface area contributed by atoms with Crippen LogP contribution in [0.4, 0.5) is 0 Å². The summed E-state index contributed by atoms with van der Waals surface area (Å²) < 4.78 is 17.5. The van der Waals surface area contributed by atoms with Crippen molar-refractivity contribution in [3.05, 3.63) is 96.1 Å². The lowest BCUT2D eigenvalue weighted by Crippen LogP contribution is -2.56. The average molecular weight is 967 g/mol. The van der Waals surface area contributed by atoms with E-state index >= 15 is 0 Å². The Balaban J connectivity index is 0.000000309. The molecule has 4 aromatic carbocycles. The summed E-state index contributed by atoms with van der Waals surface area (Å²) in [5.41, 5.74) is 9.98. The van der Waals surface area contributed by atoms with Gasteiger partial charge in [-0.2, -0.15) is 0 Å². The van der Waals surface area contributed by atoms with Crippen molar-refractivity contribution in [2.24, 2.45) is 34.1 Å². The van der Waals surface area contributed by atoms with Gasteiger partial charge in [0, 0.05) is 0 Å². The molecule has 7 N–H and O–H groups in total. The molecule has 14 heteroatoms. The Morgan fingerprint density at radius 1 is 0.557 bits per heavy atom. The van der Waals surface area contributed by atoms with Gasteiger partial charge in [0.25, 0.3) is 0 Å². The van der Waals surface area contributed by atoms with Crippen molar-refractivity contribution in [1.82, 2.24) is 10.6 Å². The van der Waals surface area contributed by atoms with E-state index in [0.717, 1.165) is 64.8 Å². The molecule has 0 unspecified atom stereocenters. The molecule has 1 aliphatic rings. The van der Waals surface area contributed by atoms with Crippen molar-refractivity contribution in [3.63, 3.8) is 0 Å². The standard InChI is InChI=1S/C31H44N2O5.C25H34N2O5/c1-30(2,3)26(27(32)34)33-28(35)24(19-20-16-17-21-12-10-11-13-22(21)18-20)25(29(36)38-31(4,5)6)37-23-14-8-7-9-15-23;1-24(2,3)20(21(26)29)27-22(30)18(19(28)23(31)32-25(4,5)6)14-15-11-12-16-9-7-8-10-17(16)13-15/h10-13,16-18,23-26H,7-9,14-15,19H2,1-6H3,(H2,32,34)(H,33,35);7-13,18-20,28H,14H2,1-6H3,(H2,26,29)(H,27,30)/t24-,25+,26-;18-,19+,20-/m11/s1. The molecule has 6 atom stereocenters. The first-order valence-electron chi connectivity index (χ1n) is 24.4. The highest BCUT2D eigenvalue weighted by Gasteiger charge is 2.43. The van der Waals surface area contributed by atoms with Crippen LogP contribution in [0.3, 0.4) is 0 Å². The fourth-order valence-electron chi connectivity index (χ4n) is 8.46. The van der Waals surface area contributed by atoms with Gasteiger partial charge in [0.05, 0.1) is 17.9 Å². The molecule has 1 saturated carbocycles. The van der Waals surface area contributed by atoms with Gasteiger partial charge in [-0.1, -0.05) is 146 Å². The quantitative estimate of drug-likeness (QED) is 0.0685. The van der Waals surface area contributed by atoms with Crippen LogP contribution >= 0.6 is 0 Å². The van der Waals surface area contributed by atoms with Gasteiger partial charge in [-0.15, -0.1) is 0 Å². The smallest absolute Gasteiger partial charge is 0.336 e. The summed E-state index contributed by atoms with van der Waals surface area (Å²) in [5, 5.41) is 20.4. The summed E-state index contributed by atoms with van der Waals surface area (Å²) >= 11 is 0. The summed E-state index contributed by atoms with van der Waals surface area (Å²) in [5.74, 6) is -5.98. The third kappa shape index (κ3) is 17.2. The molecule has 0 heterocycles. The molecular weight excluding hydrogens is 889 g/mol. The summed E-state index contributed by atoms with van der Waals surface area (Å²) in [6.07, 6.45) is 2.15. The number of hydrogen-bond donors (Lipinski definition) is 5. The molecule has 0 saturated heterocycles. The summed E-state index contributed by atoms with van der Waals surface area (Å²) in [4.78, 5) is 77.5. The van der Waals surface area contributed by atoms with Gasteiger partial charge in [0.1, 0.15) is 23.3 Å². The summed E-state index contributed by atoms with van der Waals surface area (Å²) in [7, 11) is 0. The first-order chi connectivity index (χ1) is 32.4. The molecule has 5 rings (SSSR count). The monoisotopic (exact) mass is 967 g/mol. The second kappa shape index (κ2) is 23.8. The maximum atomic E-state index is 13.9. The number of primary amides is 2. The maximum absolute atomic E-state index is 13.9. The Bertz CT molecular complexity index is 2450. The maximum Gasteiger partial charge on any atom is 0.336 e. The number of nitrogens with two attached hydrogens (primary N) is 2. The summed E-state index contributed by atoms with van der Waals surface area (Å²) in [6, 6.07) is 25.5. The number of carbonyl (C=O) groups excluding carboxylic acids is 6. The minimum Gasteiger partial charge on any atom is -0.458 e. The third-order valence-electron chi connectivity index (χ3n) is 12.0. The van der Waals surface area contributed by atoms with E-state index in [9.17, 15) is 33.9 Å². The molecule has 0 bridgehead atoms. The number of fused-ring (bicyclic) bond motifs is 2. The van der Waals surface area contributed by atoms with Gasteiger partial charge >= 0.3 is 11.9 Å². The number of aliphatic hydroxyl groups excluding tert-OH is 1. The zero-order chi connectivity index (χ0) is 52.4. The number of hydrogen-bond acceptors (Lipinski definition) is 10. The molecule has 14 nitrogen and oxygen atoms in total. The Kier molecular flexibility index (Phi) is 19.3. The fourth-order valence-corrected chi connectivity index (χ4v) is 8.46. The van der Waals surface area contributed by atoms with E-state index in [1.807, 2.05) is 106 Å². The number of esters is 2. The lowest BCUT2D eigenvalue weighted by atomic mass is 9.85. The van der Waals surface area contributed by atoms with E-state index in [2.05, 4.69) is 10.6 Å². The average Bonchev–Trinajstić information content (AvgIpc) is 3.25. The Morgan fingerprint density at radius 3 is 1.34 bits per heavy atom. The van der Waals surface area contributed by atoms with E-state index in [4.69, 9.17) is 25.7 Å². The zero-order valence-corrected chi connectivity index (χ0v) is 43.4. The number of ether oxygens (including phenoxy) is 3. The SMILES string of the molecule is CC(C)(C)OC(=O)[C@@H](O)[C@@H](Cc1ccc2ccccc2c1)C(=O)N[C@H](C(N)=O)C(C)(C)C.CC(C)(C)OC(=O)[C@@H](OC1CCCCC1)[C@@H](Cc1ccc2ccccc2c1)C(=O)N[C@H](C(N)=O)C(C)(C)C. The lowest BCUT2D eigenvalue weighted by molar-refractivity contribution is -0.180.